The number of rotatable bonds is 0. The van der Waals surface area contributed by atoms with E-state index in [1.54, 1.807) is 11.3 Å². The Kier molecular flexibility index (Phi) is 2.63. The Bertz CT molecular complexity index is 832. The first kappa shape index (κ1) is 12.2. The van der Waals surface area contributed by atoms with Crippen LogP contribution in [0.4, 0.5) is 0 Å². The molecule has 2 heterocycles. The standard InChI is InChI=1S/C18H10S3/c1-3-7-13-11(5-1)12-6-2-4-8-14(12)17(13)18-20-15-9-19-10-16(15)21-18/h1-10H. The summed E-state index contributed by atoms with van der Waals surface area (Å²) in [7, 11) is 0. The molecule has 3 heteroatoms. The summed E-state index contributed by atoms with van der Waals surface area (Å²) in [6.45, 7) is 0. The van der Waals surface area contributed by atoms with Crippen molar-refractivity contribution in [1.82, 2.24) is 0 Å². The maximum atomic E-state index is 2.26. The van der Waals surface area contributed by atoms with Gasteiger partial charge in [-0.15, -0.1) is 0 Å². The van der Waals surface area contributed by atoms with Gasteiger partial charge in [0.1, 0.15) is 0 Å². The van der Waals surface area contributed by atoms with Gasteiger partial charge in [-0.05, 0) is 22.3 Å². The molecule has 0 saturated heterocycles. The second kappa shape index (κ2) is 4.54. The number of hydrogen-bond acceptors (Lipinski definition) is 3. The highest BCUT2D eigenvalue weighted by Gasteiger charge is 2.29. The Labute approximate surface area is 135 Å². The van der Waals surface area contributed by atoms with Crippen LogP contribution in [-0.2, 0) is 0 Å². The molecule has 0 atom stereocenters. The van der Waals surface area contributed by atoms with Gasteiger partial charge in [0.25, 0.3) is 0 Å². The summed E-state index contributed by atoms with van der Waals surface area (Å²) in [6.07, 6.45) is 0. The fourth-order valence-corrected chi connectivity index (χ4v) is 6.74. The van der Waals surface area contributed by atoms with E-state index in [-0.39, 0.29) is 0 Å². The first-order valence-corrected chi connectivity index (χ1v) is 9.35. The fourth-order valence-electron chi connectivity index (χ4n) is 2.98. The van der Waals surface area contributed by atoms with Gasteiger partial charge in [-0.3, -0.25) is 0 Å². The molecule has 0 radical (unpaired) electrons. The maximum absolute atomic E-state index is 2.26. The predicted octanol–water partition coefficient (Wildman–Crippen LogP) is 6.34. The minimum atomic E-state index is 1.37. The summed E-state index contributed by atoms with van der Waals surface area (Å²) in [5, 5.41) is 4.51. The van der Waals surface area contributed by atoms with Gasteiger partial charge in [0, 0.05) is 26.1 Å². The van der Waals surface area contributed by atoms with Crippen LogP contribution in [0.1, 0.15) is 11.1 Å². The number of thiophene rings is 1. The lowest BCUT2D eigenvalue weighted by molar-refractivity contribution is 1.36. The third-order valence-electron chi connectivity index (χ3n) is 3.89. The first-order valence-electron chi connectivity index (χ1n) is 6.77. The van der Waals surface area contributed by atoms with Crippen LogP contribution >= 0.6 is 34.9 Å². The molecule has 5 rings (SSSR count). The molecule has 21 heavy (non-hydrogen) atoms. The van der Waals surface area contributed by atoms with Gasteiger partial charge in [0.05, 0.1) is 4.24 Å². The van der Waals surface area contributed by atoms with Crippen LogP contribution in [0.15, 0.2) is 73.3 Å². The zero-order valence-electron chi connectivity index (χ0n) is 11.0. The van der Waals surface area contributed by atoms with E-state index in [4.69, 9.17) is 0 Å². The highest BCUT2D eigenvalue weighted by Crippen LogP contribution is 2.58. The van der Waals surface area contributed by atoms with Gasteiger partial charge < -0.3 is 0 Å². The molecule has 0 N–H and O–H groups in total. The number of benzene rings is 2. The van der Waals surface area contributed by atoms with E-state index < -0.39 is 0 Å². The van der Waals surface area contributed by atoms with Crippen molar-refractivity contribution in [2.45, 2.75) is 9.79 Å². The lowest BCUT2D eigenvalue weighted by atomic mass is 10.1. The molecule has 0 fully saturated rings. The predicted molar refractivity (Wildman–Crippen MR) is 93.9 cm³/mol. The summed E-state index contributed by atoms with van der Waals surface area (Å²) in [6, 6.07) is 17.5. The Morgan fingerprint density at radius 2 is 1.05 bits per heavy atom. The lowest BCUT2D eigenvalue weighted by Crippen LogP contribution is -1.82. The normalized spacial score (nSPS) is 15.0. The molecule has 1 aliphatic heterocycles. The summed E-state index contributed by atoms with van der Waals surface area (Å²) < 4.78 is 1.42. The van der Waals surface area contributed by atoms with E-state index in [1.165, 1.54) is 41.9 Å². The van der Waals surface area contributed by atoms with Crippen LogP contribution in [0, 0.1) is 0 Å². The quantitative estimate of drug-likeness (QED) is 0.370. The first-order chi connectivity index (χ1) is 10.4. The molecule has 0 bridgehead atoms. The maximum Gasteiger partial charge on any atom is 0.0584 e. The minimum Gasteiger partial charge on any atom is -0.150 e. The number of fused-ring (bicyclic) bond motifs is 4. The largest absolute Gasteiger partial charge is 0.150 e. The van der Waals surface area contributed by atoms with Gasteiger partial charge in [-0.25, -0.2) is 0 Å². The van der Waals surface area contributed by atoms with Crippen LogP contribution in [0.5, 0.6) is 0 Å². The summed E-state index contributed by atoms with van der Waals surface area (Å²) >= 11 is 5.63. The van der Waals surface area contributed by atoms with Crippen LogP contribution in [0.2, 0.25) is 0 Å². The van der Waals surface area contributed by atoms with E-state index in [2.05, 4.69) is 59.3 Å². The molecule has 0 unspecified atom stereocenters. The molecule has 0 spiro atoms. The van der Waals surface area contributed by atoms with E-state index in [1.807, 2.05) is 23.5 Å². The lowest BCUT2D eigenvalue weighted by Gasteiger charge is -2.06. The third kappa shape index (κ3) is 1.71. The van der Waals surface area contributed by atoms with E-state index in [9.17, 15) is 0 Å². The van der Waals surface area contributed by atoms with Gasteiger partial charge in [-0.1, -0.05) is 72.1 Å². The summed E-state index contributed by atoms with van der Waals surface area (Å²) in [5.74, 6) is 0. The Morgan fingerprint density at radius 1 is 0.571 bits per heavy atom. The van der Waals surface area contributed by atoms with Gasteiger partial charge in [-0.2, -0.15) is 11.3 Å². The van der Waals surface area contributed by atoms with Crippen molar-refractivity contribution < 1.29 is 0 Å². The van der Waals surface area contributed by atoms with Crippen molar-refractivity contribution in [1.29, 1.82) is 0 Å². The molecule has 0 amide bonds. The fraction of sp³-hybridized carbons (Fsp3) is 0. The van der Waals surface area contributed by atoms with Crippen molar-refractivity contribution >= 4 is 40.4 Å². The van der Waals surface area contributed by atoms with Crippen LogP contribution < -0.4 is 0 Å². The van der Waals surface area contributed by atoms with Crippen molar-refractivity contribution in [2.24, 2.45) is 0 Å². The SMILES string of the molecule is c1ccc2c(c1)C(=C1Sc3cscc3S1)c1ccccc1-2. The molecular formula is C18H10S3. The molecule has 0 saturated carbocycles. The molecule has 2 aliphatic rings. The van der Waals surface area contributed by atoms with Crippen LogP contribution in [0.3, 0.4) is 0 Å². The van der Waals surface area contributed by atoms with E-state index in [0.29, 0.717) is 0 Å². The zero-order chi connectivity index (χ0) is 13.8. The van der Waals surface area contributed by atoms with Gasteiger partial charge in [0.2, 0.25) is 0 Å². The average molecular weight is 322 g/mol. The third-order valence-corrected chi connectivity index (χ3v) is 7.45. The van der Waals surface area contributed by atoms with Crippen molar-refractivity contribution in [2.75, 3.05) is 0 Å². The molecule has 0 nitrogen and oxygen atoms in total. The molecule has 1 aromatic heterocycles. The molecule has 3 aromatic rings. The van der Waals surface area contributed by atoms with Crippen molar-refractivity contribution in [3.63, 3.8) is 0 Å². The number of hydrogen-bond donors (Lipinski definition) is 0. The van der Waals surface area contributed by atoms with Gasteiger partial charge >= 0.3 is 0 Å². The van der Waals surface area contributed by atoms with Crippen molar-refractivity contribution in [3.05, 3.63) is 74.7 Å². The number of thioether (sulfide) groups is 2. The van der Waals surface area contributed by atoms with E-state index >= 15 is 0 Å². The van der Waals surface area contributed by atoms with Crippen molar-refractivity contribution in [3.8, 4) is 11.1 Å². The van der Waals surface area contributed by atoms with Crippen LogP contribution in [-0.4, -0.2) is 0 Å². The highest BCUT2D eigenvalue weighted by atomic mass is 32.2. The van der Waals surface area contributed by atoms with E-state index in [0.717, 1.165) is 0 Å². The molecule has 1 aliphatic carbocycles. The molecule has 2 aromatic carbocycles. The summed E-state index contributed by atoms with van der Waals surface area (Å²) in [4.78, 5) is 2.82. The Morgan fingerprint density at radius 3 is 1.57 bits per heavy atom. The molecular weight excluding hydrogens is 312 g/mol. The monoisotopic (exact) mass is 322 g/mol. The smallest absolute Gasteiger partial charge is 0.0584 e. The Balaban J connectivity index is 1.79. The second-order valence-corrected chi connectivity index (χ2v) is 8.16. The average Bonchev–Trinajstić information content (AvgIpc) is 3.17. The highest BCUT2D eigenvalue weighted by molar-refractivity contribution is 8.25. The second-order valence-electron chi connectivity index (χ2n) is 5.06. The summed E-state index contributed by atoms with van der Waals surface area (Å²) in [5.41, 5.74) is 6.90. The zero-order valence-corrected chi connectivity index (χ0v) is 13.4. The molecule has 100 valence electrons. The van der Waals surface area contributed by atoms with Gasteiger partial charge in [0.15, 0.2) is 0 Å². The minimum absolute atomic E-state index is 1.37. The van der Waals surface area contributed by atoms with Crippen LogP contribution in [0.25, 0.3) is 16.7 Å². The Hall–Kier alpha value is -1.42. The topological polar surface area (TPSA) is 0 Å².